The van der Waals surface area contributed by atoms with Gasteiger partial charge >= 0.3 is 37.7 Å². The Morgan fingerprint density at radius 3 is 2.00 bits per heavy atom. The quantitative estimate of drug-likeness (QED) is 0.398. The van der Waals surface area contributed by atoms with E-state index in [9.17, 15) is 0 Å². The topological polar surface area (TPSA) is 0 Å². The molecular formula is C6H15Ca. The fraction of sp³-hybridized carbons (Fsp3) is 0.833. The summed E-state index contributed by atoms with van der Waals surface area (Å²) in [6, 6.07) is 0. The molecule has 1 radical (unpaired) electrons. The van der Waals surface area contributed by atoms with Crippen molar-refractivity contribution in [3.8, 4) is 0 Å². The first-order valence-corrected chi connectivity index (χ1v) is 2.71. The van der Waals surface area contributed by atoms with E-state index in [2.05, 4.69) is 13.8 Å². The molecule has 0 heterocycles. The summed E-state index contributed by atoms with van der Waals surface area (Å²) in [4.78, 5) is 0. The molecule has 0 aliphatic rings. The molecular weight excluding hydrogens is 112 g/mol. The Morgan fingerprint density at radius 1 is 1.29 bits per heavy atom. The van der Waals surface area contributed by atoms with Gasteiger partial charge in [-0.3, -0.25) is 0 Å². The monoisotopic (exact) mass is 127 g/mol. The summed E-state index contributed by atoms with van der Waals surface area (Å²) in [6.45, 7) is 5.93. The second-order valence-electron chi connectivity index (χ2n) is 1.56. The van der Waals surface area contributed by atoms with Gasteiger partial charge in [-0.15, -0.1) is 0 Å². The summed E-state index contributed by atoms with van der Waals surface area (Å²) in [5.41, 5.74) is 0. The second kappa shape index (κ2) is 10.3. The Bertz CT molecular complexity index is 16.1. The third-order valence-corrected chi connectivity index (χ3v) is 0.854. The molecule has 0 aromatic heterocycles. The van der Waals surface area contributed by atoms with E-state index >= 15 is 0 Å². The molecule has 0 rings (SSSR count). The Hall–Kier alpha value is 1.26. The molecule has 0 amide bonds. The summed E-state index contributed by atoms with van der Waals surface area (Å²) < 4.78 is 0. The summed E-state index contributed by atoms with van der Waals surface area (Å²) >= 11 is 0. The molecule has 0 aromatic rings. The zero-order chi connectivity index (χ0) is 4.83. The van der Waals surface area contributed by atoms with Gasteiger partial charge in [0.2, 0.25) is 0 Å². The first-order valence-electron chi connectivity index (χ1n) is 2.71. The van der Waals surface area contributed by atoms with Crippen molar-refractivity contribution in [1.29, 1.82) is 0 Å². The maximum atomic E-state index is 3.72. The molecule has 0 nitrogen and oxygen atoms in total. The van der Waals surface area contributed by atoms with Crippen molar-refractivity contribution in [2.24, 2.45) is 0 Å². The molecule has 0 saturated carbocycles. The summed E-state index contributed by atoms with van der Waals surface area (Å²) in [5, 5.41) is 0. The van der Waals surface area contributed by atoms with Gasteiger partial charge in [0, 0.05) is 0 Å². The van der Waals surface area contributed by atoms with Crippen molar-refractivity contribution in [3.05, 3.63) is 6.92 Å². The molecule has 0 spiro atoms. The minimum atomic E-state index is 0. The molecule has 0 saturated heterocycles. The van der Waals surface area contributed by atoms with Crippen LogP contribution in [-0.2, 0) is 0 Å². The van der Waals surface area contributed by atoms with Gasteiger partial charge in [0.25, 0.3) is 0 Å². The Labute approximate surface area is 76.7 Å². The molecule has 0 aromatic carbocycles. The fourth-order valence-electron chi connectivity index (χ4n) is 0.427. The summed E-state index contributed by atoms with van der Waals surface area (Å²) in [7, 11) is 0. The normalized spacial score (nSPS) is 7.71. The number of unbranched alkanes of at least 4 members (excludes halogenated alkanes) is 3. The van der Waals surface area contributed by atoms with Crippen LogP contribution in [0.2, 0.25) is 0 Å². The van der Waals surface area contributed by atoms with E-state index in [0.717, 1.165) is 6.42 Å². The average Bonchev–Trinajstić information content (AvgIpc) is 1.61. The van der Waals surface area contributed by atoms with Gasteiger partial charge in [-0.2, -0.15) is 0 Å². The fourth-order valence-corrected chi connectivity index (χ4v) is 0.427. The SMILES string of the molecule is [CH2]CCCCC.[CaH2]. The maximum absolute atomic E-state index is 3.72. The third-order valence-electron chi connectivity index (χ3n) is 0.854. The molecule has 0 aliphatic heterocycles. The van der Waals surface area contributed by atoms with E-state index < -0.39 is 0 Å². The van der Waals surface area contributed by atoms with Crippen LogP contribution < -0.4 is 0 Å². The van der Waals surface area contributed by atoms with E-state index in [-0.39, 0.29) is 37.7 Å². The minimum absolute atomic E-state index is 0. The van der Waals surface area contributed by atoms with Crippen LogP contribution in [0.3, 0.4) is 0 Å². The number of hydrogen-bond donors (Lipinski definition) is 0. The van der Waals surface area contributed by atoms with Gasteiger partial charge in [0.15, 0.2) is 0 Å². The third kappa shape index (κ3) is 11.1. The van der Waals surface area contributed by atoms with Crippen LogP contribution in [0.4, 0.5) is 0 Å². The van der Waals surface area contributed by atoms with Crippen LogP contribution in [0.15, 0.2) is 0 Å². The van der Waals surface area contributed by atoms with E-state index in [0.29, 0.717) is 0 Å². The molecule has 0 unspecified atom stereocenters. The second-order valence-corrected chi connectivity index (χ2v) is 1.56. The zero-order valence-corrected chi connectivity index (χ0v) is 4.54. The van der Waals surface area contributed by atoms with E-state index in [4.69, 9.17) is 0 Å². The van der Waals surface area contributed by atoms with Crippen molar-refractivity contribution in [1.82, 2.24) is 0 Å². The molecule has 0 atom stereocenters. The molecule has 1 heteroatoms. The first kappa shape index (κ1) is 11.1. The predicted octanol–water partition coefficient (Wildman–Crippen LogP) is 1.48. The number of hydrogen-bond acceptors (Lipinski definition) is 0. The number of rotatable bonds is 3. The van der Waals surface area contributed by atoms with Crippen molar-refractivity contribution in [2.45, 2.75) is 32.6 Å². The predicted molar refractivity (Wildman–Crippen MR) is 38.0 cm³/mol. The molecule has 7 heavy (non-hydrogen) atoms. The zero-order valence-electron chi connectivity index (χ0n) is 4.54. The van der Waals surface area contributed by atoms with Crippen LogP contribution >= 0.6 is 0 Å². The van der Waals surface area contributed by atoms with Gasteiger partial charge < -0.3 is 0 Å². The Morgan fingerprint density at radius 2 is 1.86 bits per heavy atom. The standard InChI is InChI=1S/C6H13.Ca.2H/c1-3-5-6-4-2;;;/h1,3-6H2,2H3;;;. The van der Waals surface area contributed by atoms with Crippen LogP contribution in [0.1, 0.15) is 32.6 Å². The molecule has 0 bridgehead atoms. The van der Waals surface area contributed by atoms with E-state index in [1.54, 1.807) is 0 Å². The first-order chi connectivity index (χ1) is 2.91. The summed E-state index contributed by atoms with van der Waals surface area (Å²) in [5.74, 6) is 0. The van der Waals surface area contributed by atoms with E-state index in [1.165, 1.54) is 19.3 Å². The van der Waals surface area contributed by atoms with Crippen molar-refractivity contribution in [2.75, 3.05) is 0 Å². The van der Waals surface area contributed by atoms with Gasteiger partial charge in [-0.25, -0.2) is 0 Å². The van der Waals surface area contributed by atoms with Gasteiger partial charge in [-0.1, -0.05) is 39.5 Å². The average molecular weight is 127 g/mol. The summed E-state index contributed by atoms with van der Waals surface area (Å²) in [6.07, 6.45) is 5.07. The van der Waals surface area contributed by atoms with Crippen molar-refractivity contribution < 1.29 is 0 Å². The van der Waals surface area contributed by atoms with Gasteiger partial charge in [0.05, 0.1) is 0 Å². The van der Waals surface area contributed by atoms with E-state index in [1.807, 2.05) is 0 Å². The van der Waals surface area contributed by atoms with Gasteiger partial charge in [0.1, 0.15) is 0 Å². The van der Waals surface area contributed by atoms with Gasteiger partial charge in [-0.05, 0) is 0 Å². The molecule has 0 fully saturated rings. The van der Waals surface area contributed by atoms with Crippen LogP contribution in [0.25, 0.3) is 0 Å². The molecule has 0 aliphatic carbocycles. The Kier molecular flexibility index (Phi) is 16.3. The van der Waals surface area contributed by atoms with Crippen LogP contribution in [0, 0.1) is 6.92 Å². The molecule has 0 N–H and O–H groups in total. The Balaban J connectivity index is 0. The molecule has 41 valence electrons. The van der Waals surface area contributed by atoms with Crippen molar-refractivity contribution in [3.63, 3.8) is 0 Å². The van der Waals surface area contributed by atoms with Crippen LogP contribution in [-0.4, -0.2) is 37.7 Å². The van der Waals surface area contributed by atoms with Crippen LogP contribution in [0.5, 0.6) is 0 Å². The van der Waals surface area contributed by atoms with Crippen molar-refractivity contribution >= 4 is 37.7 Å².